The minimum Gasteiger partial charge on any atom is -0.459 e. The number of likely N-dealkylation sites (N-methyl/N-ethyl adjacent to an activating group) is 1. The molecule has 0 aromatic rings. The maximum absolute atomic E-state index is 12.4. The second-order valence-corrected chi connectivity index (χ2v) is 13.2. The number of carbonyl (C=O) groups excluding carboxylic acids is 1. The quantitative estimate of drug-likeness (QED) is 0.0549. The van der Waals surface area contributed by atoms with Gasteiger partial charge in [0.15, 0.2) is 0 Å². The van der Waals surface area contributed by atoms with Crippen molar-refractivity contribution in [2.75, 3.05) is 53.7 Å². The Kier molecular flexibility index (Phi) is 22.2. The van der Waals surface area contributed by atoms with Gasteiger partial charge in [-0.15, -0.1) is 0 Å². The van der Waals surface area contributed by atoms with Crippen molar-refractivity contribution >= 4 is 13.6 Å². The number of esters is 1. The van der Waals surface area contributed by atoms with Crippen molar-refractivity contribution in [3.05, 3.63) is 0 Å². The number of rotatable bonds is 26. The molecule has 0 radical (unpaired) electrons. The van der Waals surface area contributed by atoms with E-state index in [1.807, 2.05) is 21.1 Å². The van der Waals surface area contributed by atoms with Gasteiger partial charge in [-0.25, -0.2) is 0 Å². The van der Waals surface area contributed by atoms with Crippen LogP contribution in [0.2, 0.25) is 0 Å². The summed E-state index contributed by atoms with van der Waals surface area (Å²) in [5.41, 5.74) is 0. The van der Waals surface area contributed by atoms with E-state index in [2.05, 4.69) is 6.92 Å². The second kappa shape index (κ2) is 22.5. The van der Waals surface area contributed by atoms with Crippen LogP contribution in [0.15, 0.2) is 0 Å². The molecule has 0 spiro atoms. The number of nitrogens with zero attached hydrogens (tertiary/aromatic N) is 1. The van der Waals surface area contributed by atoms with E-state index in [1.54, 1.807) is 0 Å². The van der Waals surface area contributed by atoms with Gasteiger partial charge < -0.3 is 23.4 Å². The number of unbranched alkanes of at least 4 members (excludes halogenated alkanes) is 15. The van der Waals surface area contributed by atoms with Crippen molar-refractivity contribution in [1.29, 1.82) is 0 Å². The van der Waals surface area contributed by atoms with E-state index in [-0.39, 0.29) is 19.4 Å². The van der Waals surface area contributed by atoms with Crippen LogP contribution < -0.4 is 0 Å². The topological polar surface area (TPSA) is 82.1 Å². The molecule has 0 rings (SSSR count). The molecule has 0 aromatic carbocycles. The Morgan fingerprint density at radius 3 is 1.64 bits per heavy atom. The first kappa shape index (κ1) is 35.5. The number of quaternary nitrogens is 1. The Morgan fingerprint density at radius 1 is 0.778 bits per heavy atom. The Balaban J connectivity index is 3.72. The summed E-state index contributed by atoms with van der Waals surface area (Å²) in [6.07, 6.45) is 20.1. The predicted molar refractivity (Wildman–Crippen MR) is 149 cm³/mol. The highest BCUT2D eigenvalue weighted by atomic mass is 31.2. The summed E-state index contributed by atoms with van der Waals surface area (Å²) in [6, 6.07) is 0. The molecule has 0 aliphatic carbocycles. The monoisotopic (exact) mass is 536 g/mol. The van der Waals surface area contributed by atoms with E-state index in [1.165, 1.54) is 96.8 Å². The van der Waals surface area contributed by atoms with Crippen molar-refractivity contribution in [3.63, 3.8) is 0 Å². The van der Waals surface area contributed by atoms with Crippen molar-refractivity contribution in [2.24, 2.45) is 0 Å². The molecule has 0 aliphatic rings. The summed E-state index contributed by atoms with van der Waals surface area (Å²) in [7, 11) is 2.11. The van der Waals surface area contributed by atoms with Crippen LogP contribution >= 0.6 is 7.60 Å². The lowest BCUT2D eigenvalue weighted by atomic mass is 10.0. The number of hydrogen-bond donors (Lipinski definition) is 1. The zero-order valence-electron chi connectivity index (χ0n) is 24.3. The number of ether oxygens (including phenoxy) is 2. The third kappa shape index (κ3) is 26.6. The summed E-state index contributed by atoms with van der Waals surface area (Å²) in [4.78, 5) is 21.5. The standard InChI is InChI=1S/C28H58NO6P/c1-6-7-8-9-10-11-12-13-14-15-16-17-18-19-20-21-23-33-25-28(35-27(2)30)26-36(31,32)34-24-22-29(3,4)5/h28H,6-26H2,1-5H3/p+1/t28-/m0/s1. The SMILES string of the molecule is CCCCCCCCCCCCCCCCCCOC[C@@H](CP(=O)(O)OCC[N+](C)(C)C)OC(C)=O. The Bertz CT molecular complexity index is 567. The largest absolute Gasteiger partial charge is 0.459 e. The maximum Gasteiger partial charge on any atom is 0.332 e. The van der Waals surface area contributed by atoms with Gasteiger partial charge in [-0.3, -0.25) is 9.36 Å². The molecule has 8 heteroatoms. The highest BCUT2D eigenvalue weighted by Gasteiger charge is 2.28. The minimum atomic E-state index is -3.85. The van der Waals surface area contributed by atoms with Crippen LogP contribution in [-0.2, 0) is 23.4 Å². The molecule has 36 heavy (non-hydrogen) atoms. The molecule has 1 N–H and O–H groups in total. The van der Waals surface area contributed by atoms with Crippen LogP contribution in [0.1, 0.15) is 117 Å². The van der Waals surface area contributed by atoms with E-state index in [0.29, 0.717) is 17.6 Å². The van der Waals surface area contributed by atoms with E-state index in [4.69, 9.17) is 14.0 Å². The van der Waals surface area contributed by atoms with Gasteiger partial charge in [0.05, 0.1) is 33.9 Å². The van der Waals surface area contributed by atoms with Gasteiger partial charge in [-0.05, 0) is 6.42 Å². The molecule has 7 nitrogen and oxygen atoms in total. The van der Waals surface area contributed by atoms with Gasteiger partial charge >= 0.3 is 13.6 Å². The third-order valence-electron chi connectivity index (χ3n) is 6.27. The molecule has 0 amide bonds. The molecule has 2 atom stereocenters. The molecular formula is C28H59NO6P+. The molecule has 0 aliphatic heterocycles. The van der Waals surface area contributed by atoms with Gasteiger partial charge in [-0.2, -0.15) is 0 Å². The molecule has 0 saturated heterocycles. The molecular weight excluding hydrogens is 477 g/mol. The molecule has 0 heterocycles. The second-order valence-electron chi connectivity index (χ2n) is 11.3. The lowest BCUT2D eigenvalue weighted by molar-refractivity contribution is -0.870. The van der Waals surface area contributed by atoms with Crippen molar-refractivity contribution < 1.29 is 32.7 Å². The summed E-state index contributed by atoms with van der Waals surface area (Å²) < 4.78 is 29.0. The molecule has 216 valence electrons. The van der Waals surface area contributed by atoms with Gasteiger partial charge in [0, 0.05) is 13.5 Å². The Morgan fingerprint density at radius 2 is 1.22 bits per heavy atom. The Hall–Kier alpha value is -0.460. The predicted octanol–water partition coefficient (Wildman–Crippen LogP) is 7.10. The average molecular weight is 537 g/mol. The highest BCUT2D eigenvalue weighted by molar-refractivity contribution is 7.52. The van der Waals surface area contributed by atoms with E-state index in [9.17, 15) is 14.3 Å². The Labute approximate surface area is 222 Å². The fourth-order valence-electron chi connectivity index (χ4n) is 4.09. The summed E-state index contributed by atoms with van der Waals surface area (Å²) in [6.45, 7) is 5.02. The third-order valence-corrected chi connectivity index (χ3v) is 7.72. The van der Waals surface area contributed by atoms with Crippen molar-refractivity contribution in [3.8, 4) is 0 Å². The van der Waals surface area contributed by atoms with E-state index in [0.717, 1.165) is 12.8 Å². The fraction of sp³-hybridized carbons (Fsp3) is 0.964. The number of carbonyl (C=O) groups is 1. The maximum atomic E-state index is 12.4. The first-order valence-corrected chi connectivity index (χ1v) is 16.3. The van der Waals surface area contributed by atoms with Crippen molar-refractivity contribution in [1.82, 2.24) is 0 Å². The van der Waals surface area contributed by atoms with Crippen LogP contribution in [0.5, 0.6) is 0 Å². The summed E-state index contributed by atoms with van der Waals surface area (Å²) >= 11 is 0. The van der Waals surface area contributed by atoms with Crippen molar-refractivity contribution in [2.45, 2.75) is 123 Å². The van der Waals surface area contributed by atoms with E-state index >= 15 is 0 Å². The lowest BCUT2D eigenvalue weighted by Crippen LogP contribution is -2.37. The summed E-state index contributed by atoms with van der Waals surface area (Å²) in [5, 5.41) is 0. The molecule has 0 fully saturated rings. The minimum absolute atomic E-state index is 0.113. The summed E-state index contributed by atoms with van der Waals surface area (Å²) in [5.74, 6) is -0.489. The van der Waals surface area contributed by atoms with Gasteiger partial charge in [0.1, 0.15) is 19.3 Å². The van der Waals surface area contributed by atoms with Crippen LogP contribution in [0.3, 0.4) is 0 Å². The first-order chi connectivity index (χ1) is 17.1. The highest BCUT2D eigenvalue weighted by Crippen LogP contribution is 2.42. The lowest BCUT2D eigenvalue weighted by Gasteiger charge is -2.25. The molecule has 0 aromatic heterocycles. The van der Waals surface area contributed by atoms with Crippen LogP contribution in [0.25, 0.3) is 0 Å². The first-order valence-electron chi connectivity index (χ1n) is 14.6. The number of hydrogen-bond acceptors (Lipinski definition) is 5. The van der Waals surface area contributed by atoms with Crippen LogP contribution in [-0.4, -0.2) is 75.1 Å². The fourth-order valence-corrected chi connectivity index (χ4v) is 5.26. The van der Waals surface area contributed by atoms with E-state index < -0.39 is 19.7 Å². The van der Waals surface area contributed by atoms with Crippen LogP contribution in [0.4, 0.5) is 0 Å². The normalized spacial score (nSPS) is 14.5. The zero-order chi connectivity index (χ0) is 27.1. The van der Waals surface area contributed by atoms with Gasteiger partial charge in [0.2, 0.25) is 0 Å². The van der Waals surface area contributed by atoms with Gasteiger partial charge in [0.25, 0.3) is 0 Å². The zero-order valence-corrected chi connectivity index (χ0v) is 25.2. The molecule has 1 unspecified atom stereocenters. The average Bonchev–Trinajstić information content (AvgIpc) is 2.76. The van der Waals surface area contributed by atoms with Gasteiger partial charge in [-0.1, -0.05) is 103 Å². The smallest absolute Gasteiger partial charge is 0.332 e. The molecule has 0 bridgehead atoms. The van der Waals surface area contributed by atoms with Crippen LogP contribution in [0, 0.1) is 0 Å². The molecule has 0 saturated carbocycles.